The van der Waals surface area contributed by atoms with E-state index in [0.717, 1.165) is 0 Å². The van der Waals surface area contributed by atoms with Crippen molar-refractivity contribution in [2.75, 3.05) is 33.0 Å². The number of carbonyl (C=O) groups excluding carboxylic acids is 2. The van der Waals surface area contributed by atoms with Crippen molar-refractivity contribution in [2.45, 2.75) is 31.6 Å². The Morgan fingerprint density at radius 2 is 2.00 bits per heavy atom. The van der Waals surface area contributed by atoms with E-state index in [1.807, 2.05) is 0 Å². The van der Waals surface area contributed by atoms with Gasteiger partial charge in [0.1, 0.15) is 6.10 Å². The number of aliphatic hydroxyl groups excluding tert-OH is 2. The van der Waals surface area contributed by atoms with Gasteiger partial charge in [0.2, 0.25) is 5.91 Å². The van der Waals surface area contributed by atoms with Crippen LogP contribution in [0.4, 0.5) is 0 Å². The summed E-state index contributed by atoms with van der Waals surface area (Å²) in [6.45, 7) is 4.70. The molecule has 8 nitrogen and oxygen atoms in total. The zero-order valence-electron chi connectivity index (χ0n) is 12.7. The molecular weight excluding hydrogens is 294 g/mol. The Labute approximate surface area is 128 Å². The molecule has 22 heavy (non-hydrogen) atoms. The van der Waals surface area contributed by atoms with Crippen LogP contribution in [-0.4, -0.2) is 76.9 Å². The molecule has 1 saturated heterocycles. The molecule has 1 fully saturated rings. The summed E-state index contributed by atoms with van der Waals surface area (Å²) in [6, 6.07) is 0. The first-order chi connectivity index (χ1) is 10.4. The van der Waals surface area contributed by atoms with Crippen molar-refractivity contribution in [2.24, 2.45) is 0 Å². The van der Waals surface area contributed by atoms with E-state index in [1.54, 1.807) is 6.92 Å². The number of imide groups is 1. The molecule has 0 aromatic carbocycles. The van der Waals surface area contributed by atoms with Gasteiger partial charge in [0.05, 0.1) is 39.5 Å². The molecule has 0 bridgehead atoms. The van der Waals surface area contributed by atoms with Crippen molar-refractivity contribution in [3.05, 3.63) is 12.2 Å². The first-order valence-corrected chi connectivity index (χ1v) is 7.11. The lowest BCUT2D eigenvalue weighted by molar-refractivity contribution is -0.209. The van der Waals surface area contributed by atoms with Gasteiger partial charge in [0.15, 0.2) is 5.72 Å². The predicted molar refractivity (Wildman–Crippen MR) is 75.6 cm³/mol. The van der Waals surface area contributed by atoms with Crippen molar-refractivity contribution in [3.63, 3.8) is 0 Å². The third-order valence-corrected chi connectivity index (χ3v) is 3.49. The number of hydrogen-bond donors (Lipinski definition) is 3. The molecule has 1 rings (SSSR count). The first kappa shape index (κ1) is 18.7. The number of likely N-dealkylation sites (tertiary alicyclic amines) is 1. The van der Waals surface area contributed by atoms with Crippen LogP contribution in [-0.2, 0) is 19.1 Å². The molecule has 126 valence electrons. The van der Waals surface area contributed by atoms with Crippen LogP contribution in [0.3, 0.4) is 0 Å². The number of ether oxygens (including phenoxy) is 2. The fourth-order valence-electron chi connectivity index (χ4n) is 2.28. The highest BCUT2D eigenvalue weighted by Crippen LogP contribution is 2.31. The number of amides is 2. The Morgan fingerprint density at radius 3 is 2.45 bits per heavy atom. The second kappa shape index (κ2) is 8.35. The van der Waals surface area contributed by atoms with Crippen LogP contribution < -0.4 is 0 Å². The topological polar surface area (TPSA) is 117 Å². The second-order valence-corrected chi connectivity index (χ2v) is 4.92. The van der Waals surface area contributed by atoms with E-state index in [4.69, 9.17) is 14.6 Å². The zero-order valence-corrected chi connectivity index (χ0v) is 12.7. The minimum atomic E-state index is -1.95. The number of nitrogens with zero attached hydrogens (tertiary/aromatic N) is 1. The fraction of sp³-hybridized carbons (Fsp3) is 0.714. The standard InChI is InChI=1S/C14H23NO7/c1-3-14(20,15-12(18)8-10(2)13(15)19)11(9-17)22-7-6-21-5-4-16/h11,16-17,20H,2-9H2,1H3. The maximum absolute atomic E-state index is 12.0. The largest absolute Gasteiger partial charge is 0.394 e. The van der Waals surface area contributed by atoms with E-state index >= 15 is 0 Å². The highest BCUT2D eigenvalue weighted by molar-refractivity contribution is 6.13. The number of hydrogen-bond acceptors (Lipinski definition) is 7. The lowest BCUT2D eigenvalue weighted by atomic mass is 10.0. The smallest absolute Gasteiger partial charge is 0.258 e. The van der Waals surface area contributed by atoms with Crippen LogP contribution in [0.15, 0.2) is 12.2 Å². The average molecular weight is 317 g/mol. The van der Waals surface area contributed by atoms with Gasteiger partial charge in [-0.3, -0.25) is 9.59 Å². The van der Waals surface area contributed by atoms with Gasteiger partial charge in [-0.05, 0) is 6.42 Å². The second-order valence-electron chi connectivity index (χ2n) is 4.92. The van der Waals surface area contributed by atoms with Crippen LogP contribution in [0.1, 0.15) is 19.8 Å². The summed E-state index contributed by atoms with van der Waals surface area (Å²) in [5.41, 5.74) is -1.85. The molecule has 1 aliphatic rings. The van der Waals surface area contributed by atoms with Crippen LogP contribution >= 0.6 is 0 Å². The van der Waals surface area contributed by atoms with Crippen molar-refractivity contribution in [1.29, 1.82) is 0 Å². The number of rotatable bonds is 10. The summed E-state index contributed by atoms with van der Waals surface area (Å²) in [7, 11) is 0. The van der Waals surface area contributed by atoms with Gasteiger partial charge >= 0.3 is 0 Å². The first-order valence-electron chi connectivity index (χ1n) is 7.11. The van der Waals surface area contributed by atoms with E-state index in [1.165, 1.54) is 0 Å². The molecule has 2 unspecified atom stereocenters. The summed E-state index contributed by atoms with van der Waals surface area (Å²) in [5, 5.41) is 28.8. The van der Waals surface area contributed by atoms with E-state index in [2.05, 4.69) is 6.58 Å². The lowest BCUT2D eigenvalue weighted by Crippen LogP contribution is -2.60. The summed E-state index contributed by atoms with van der Waals surface area (Å²) < 4.78 is 10.4. The Hall–Kier alpha value is -1.32. The van der Waals surface area contributed by atoms with Gasteiger partial charge in [-0.25, -0.2) is 4.90 Å². The molecule has 2 amide bonds. The minimum absolute atomic E-state index is 0.000480. The third kappa shape index (κ3) is 3.90. The fourth-order valence-corrected chi connectivity index (χ4v) is 2.28. The van der Waals surface area contributed by atoms with Gasteiger partial charge in [0.25, 0.3) is 5.91 Å². The SMILES string of the molecule is C=C1CC(=O)N(C(O)(CC)C(CO)OCCOCCO)C1=O. The maximum Gasteiger partial charge on any atom is 0.258 e. The Bertz CT molecular complexity index is 425. The summed E-state index contributed by atoms with van der Waals surface area (Å²) >= 11 is 0. The van der Waals surface area contributed by atoms with Crippen LogP contribution in [0.25, 0.3) is 0 Å². The monoisotopic (exact) mass is 317 g/mol. The zero-order chi connectivity index (χ0) is 16.8. The normalized spacial score (nSPS) is 19.6. The van der Waals surface area contributed by atoms with Gasteiger partial charge in [-0.15, -0.1) is 0 Å². The summed E-state index contributed by atoms with van der Waals surface area (Å²) in [6.07, 6.45) is -1.31. The van der Waals surface area contributed by atoms with Crippen molar-refractivity contribution < 1.29 is 34.4 Å². The molecule has 0 aliphatic carbocycles. The quantitative estimate of drug-likeness (QED) is 0.263. The van der Waals surface area contributed by atoms with Crippen LogP contribution in [0.2, 0.25) is 0 Å². The molecule has 0 radical (unpaired) electrons. The molecule has 0 aromatic heterocycles. The molecule has 0 saturated carbocycles. The van der Waals surface area contributed by atoms with Crippen molar-refractivity contribution >= 4 is 11.8 Å². The Balaban J connectivity index is 2.78. The van der Waals surface area contributed by atoms with Gasteiger partial charge in [0, 0.05) is 5.57 Å². The minimum Gasteiger partial charge on any atom is -0.394 e. The van der Waals surface area contributed by atoms with Crippen LogP contribution in [0.5, 0.6) is 0 Å². The van der Waals surface area contributed by atoms with E-state index < -0.39 is 30.3 Å². The summed E-state index contributed by atoms with van der Waals surface area (Å²) in [4.78, 5) is 24.7. The Morgan fingerprint density at radius 1 is 1.32 bits per heavy atom. The molecule has 1 aliphatic heterocycles. The van der Waals surface area contributed by atoms with Crippen molar-refractivity contribution in [3.8, 4) is 0 Å². The lowest BCUT2D eigenvalue weighted by Gasteiger charge is -2.40. The van der Waals surface area contributed by atoms with Gasteiger partial charge in [-0.1, -0.05) is 13.5 Å². The molecule has 3 N–H and O–H groups in total. The van der Waals surface area contributed by atoms with E-state index in [-0.39, 0.29) is 44.8 Å². The molecule has 0 aromatic rings. The molecular formula is C14H23NO7. The Kier molecular flexibility index (Phi) is 7.11. The van der Waals surface area contributed by atoms with E-state index in [9.17, 15) is 19.8 Å². The molecule has 0 spiro atoms. The summed E-state index contributed by atoms with van der Waals surface area (Å²) in [5.74, 6) is -1.23. The molecule has 2 atom stereocenters. The number of carbonyl (C=O) groups is 2. The molecule has 1 heterocycles. The van der Waals surface area contributed by atoms with Crippen LogP contribution in [0, 0.1) is 0 Å². The maximum atomic E-state index is 12.0. The molecule has 8 heteroatoms. The van der Waals surface area contributed by atoms with Crippen molar-refractivity contribution in [1.82, 2.24) is 4.90 Å². The van der Waals surface area contributed by atoms with Gasteiger partial charge < -0.3 is 24.8 Å². The average Bonchev–Trinajstić information content (AvgIpc) is 2.75. The third-order valence-electron chi connectivity index (χ3n) is 3.49. The number of aliphatic hydroxyl groups is 3. The predicted octanol–water partition coefficient (Wildman–Crippen LogP) is -1.21. The van der Waals surface area contributed by atoms with E-state index in [0.29, 0.717) is 4.90 Å². The van der Waals surface area contributed by atoms with Gasteiger partial charge in [-0.2, -0.15) is 0 Å². The highest BCUT2D eigenvalue weighted by atomic mass is 16.5. The highest BCUT2D eigenvalue weighted by Gasteiger charge is 2.50.